The van der Waals surface area contributed by atoms with E-state index < -0.39 is 17.5 Å². The SMILES string of the molecule is O=CNc1cc(F)c(O)cc1C(=O)O. The molecule has 0 heterocycles. The van der Waals surface area contributed by atoms with Crippen LogP contribution in [0.15, 0.2) is 12.1 Å². The topological polar surface area (TPSA) is 86.6 Å². The molecular formula is C8H6FNO4. The van der Waals surface area contributed by atoms with E-state index in [1.807, 2.05) is 5.32 Å². The quantitative estimate of drug-likeness (QED) is 0.496. The van der Waals surface area contributed by atoms with Crippen molar-refractivity contribution in [3.63, 3.8) is 0 Å². The third-order valence-corrected chi connectivity index (χ3v) is 1.53. The van der Waals surface area contributed by atoms with Gasteiger partial charge in [-0.1, -0.05) is 0 Å². The lowest BCUT2D eigenvalue weighted by molar-refractivity contribution is -0.105. The van der Waals surface area contributed by atoms with Gasteiger partial charge in [0.1, 0.15) is 0 Å². The van der Waals surface area contributed by atoms with Crippen LogP contribution in [0.3, 0.4) is 0 Å². The van der Waals surface area contributed by atoms with Crippen molar-refractivity contribution in [2.75, 3.05) is 5.32 Å². The Morgan fingerprint density at radius 1 is 1.50 bits per heavy atom. The minimum atomic E-state index is -1.37. The molecule has 0 aliphatic heterocycles. The van der Waals surface area contributed by atoms with E-state index in [-0.39, 0.29) is 17.7 Å². The Labute approximate surface area is 77.8 Å². The van der Waals surface area contributed by atoms with Gasteiger partial charge in [-0.25, -0.2) is 9.18 Å². The summed E-state index contributed by atoms with van der Waals surface area (Å²) in [7, 11) is 0. The van der Waals surface area contributed by atoms with Gasteiger partial charge in [-0.2, -0.15) is 0 Å². The maximum atomic E-state index is 12.7. The molecule has 0 aliphatic rings. The van der Waals surface area contributed by atoms with Crippen LogP contribution in [0.25, 0.3) is 0 Å². The number of carbonyl (C=O) groups is 2. The molecule has 1 aromatic carbocycles. The highest BCUT2D eigenvalue weighted by atomic mass is 19.1. The first-order valence-corrected chi connectivity index (χ1v) is 3.52. The molecule has 3 N–H and O–H groups in total. The summed E-state index contributed by atoms with van der Waals surface area (Å²) in [5.41, 5.74) is -0.584. The molecule has 0 aromatic heterocycles. The molecule has 74 valence electrons. The van der Waals surface area contributed by atoms with Gasteiger partial charge < -0.3 is 15.5 Å². The van der Waals surface area contributed by atoms with Crippen molar-refractivity contribution >= 4 is 18.1 Å². The summed E-state index contributed by atoms with van der Waals surface area (Å²) in [6.45, 7) is 0. The average molecular weight is 199 g/mol. The standard InChI is InChI=1S/C8H6FNO4/c9-5-2-6(10-3-11)4(8(13)14)1-7(5)12/h1-3,12H,(H,10,11)(H,13,14). The fraction of sp³-hybridized carbons (Fsp3) is 0. The van der Waals surface area contributed by atoms with E-state index in [0.29, 0.717) is 0 Å². The van der Waals surface area contributed by atoms with Crippen molar-refractivity contribution < 1.29 is 24.2 Å². The highest BCUT2D eigenvalue weighted by Crippen LogP contribution is 2.24. The second kappa shape index (κ2) is 3.73. The zero-order valence-corrected chi connectivity index (χ0v) is 6.82. The van der Waals surface area contributed by atoms with Crippen LogP contribution in [0.2, 0.25) is 0 Å². The Hall–Kier alpha value is -2.11. The molecular weight excluding hydrogens is 193 g/mol. The fourth-order valence-corrected chi connectivity index (χ4v) is 0.922. The predicted octanol–water partition coefficient (Wildman–Crippen LogP) is 0.798. The molecule has 0 atom stereocenters. The molecule has 0 spiro atoms. The van der Waals surface area contributed by atoms with Crippen molar-refractivity contribution in [1.82, 2.24) is 0 Å². The second-order valence-electron chi connectivity index (χ2n) is 2.42. The Morgan fingerprint density at radius 3 is 2.64 bits per heavy atom. The molecule has 5 nitrogen and oxygen atoms in total. The van der Waals surface area contributed by atoms with E-state index >= 15 is 0 Å². The van der Waals surface area contributed by atoms with Gasteiger partial charge in [-0.15, -0.1) is 0 Å². The number of benzene rings is 1. The lowest BCUT2D eigenvalue weighted by Crippen LogP contribution is -2.05. The van der Waals surface area contributed by atoms with Gasteiger partial charge in [0.2, 0.25) is 6.41 Å². The van der Waals surface area contributed by atoms with E-state index in [2.05, 4.69) is 0 Å². The molecule has 0 saturated heterocycles. The van der Waals surface area contributed by atoms with Crippen molar-refractivity contribution in [1.29, 1.82) is 0 Å². The number of anilines is 1. The van der Waals surface area contributed by atoms with Gasteiger partial charge in [0.05, 0.1) is 11.3 Å². The zero-order valence-electron chi connectivity index (χ0n) is 6.82. The Bertz CT molecular complexity index is 391. The Morgan fingerprint density at radius 2 is 2.14 bits per heavy atom. The lowest BCUT2D eigenvalue weighted by Gasteiger charge is -2.05. The molecule has 0 aliphatic carbocycles. The number of aromatic carboxylic acids is 1. The smallest absolute Gasteiger partial charge is 0.337 e. The van der Waals surface area contributed by atoms with Crippen LogP contribution in [0.5, 0.6) is 5.75 Å². The highest BCUT2D eigenvalue weighted by molar-refractivity contribution is 5.97. The summed E-state index contributed by atoms with van der Waals surface area (Å²) in [6, 6.07) is 1.46. The first-order valence-electron chi connectivity index (χ1n) is 3.52. The minimum absolute atomic E-state index is 0.206. The number of carbonyl (C=O) groups excluding carboxylic acids is 1. The monoisotopic (exact) mass is 199 g/mol. The number of phenolic OH excluding ortho intramolecular Hbond substituents is 1. The summed E-state index contributed by atoms with van der Waals surface area (Å²) < 4.78 is 12.7. The van der Waals surface area contributed by atoms with Crippen molar-refractivity contribution in [3.8, 4) is 5.75 Å². The molecule has 14 heavy (non-hydrogen) atoms. The van der Waals surface area contributed by atoms with Crippen molar-refractivity contribution in [2.45, 2.75) is 0 Å². The fourth-order valence-electron chi connectivity index (χ4n) is 0.922. The van der Waals surface area contributed by atoms with Gasteiger partial charge in [-0.05, 0) is 6.07 Å². The van der Waals surface area contributed by atoms with Crippen LogP contribution in [0, 0.1) is 5.82 Å². The zero-order chi connectivity index (χ0) is 10.7. The first-order chi connectivity index (χ1) is 6.56. The summed E-state index contributed by atoms with van der Waals surface area (Å²) in [5, 5.41) is 19.5. The van der Waals surface area contributed by atoms with Gasteiger partial charge >= 0.3 is 5.97 Å². The van der Waals surface area contributed by atoms with Gasteiger partial charge in [0, 0.05) is 6.07 Å². The van der Waals surface area contributed by atoms with Crippen LogP contribution < -0.4 is 5.32 Å². The number of rotatable bonds is 3. The van der Waals surface area contributed by atoms with Crippen molar-refractivity contribution in [3.05, 3.63) is 23.5 Å². The first kappa shape index (κ1) is 9.97. The molecule has 1 amide bonds. The van der Waals surface area contributed by atoms with Crippen LogP contribution in [0.1, 0.15) is 10.4 Å². The van der Waals surface area contributed by atoms with E-state index in [9.17, 15) is 14.0 Å². The van der Waals surface area contributed by atoms with E-state index in [0.717, 1.165) is 12.1 Å². The van der Waals surface area contributed by atoms with Gasteiger partial charge in [0.15, 0.2) is 11.6 Å². The maximum Gasteiger partial charge on any atom is 0.337 e. The van der Waals surface area contributed by atoms with Crippen LogP contribution >= 0.6 is 0 Å². The number of aromatic hydroxyl groups is 1. The second-order valence-corrected chi connectivity index (χ2v) is 2.42. The summed E-state index contributed by atoms with van der Waals surface area (Å²) in [4.78, 5) is 20.6. The lowest BCUT2D eigenvalue weighted by atomic mass is 10.1. The molecule has 0 radical (unpaired) electrons. The van der Waals surface area contributed by atoms with E-state index in [1.165, 1.54) is 0 Å². The Balaban J connectivity index is 3.30. The van der Waals surface area contributed by atoms with Crippen molar-refractivity contribution in [2.24, 2.45) is 0 Å². The number of amides is 1. The highest BCUT2D eigenvalue weighted by Gasteiger charge is 2.14. The summed E-state index contributed by atoms with van der Waals surface area (Å²) in [6.07, 6.45) is 0.220. The maximum absolute atomic E-state index is 12.7. The average Bonchev–Trinajstić information content (AvgIpc) is 2.11. The third kappa shape index (κ3) is 1.79. The molecule has 1 aromatic rings. The van der Waals surface area contributed by atoms with E-state index in [1.54, 1.807) is 0 Å². The number of carboxylic acids is 1. The third-order valence-electron chi connectivity index (χ3n) is 1.53. The normalized spacial score (nSPS) is 9.50. The summed E-state index contributed by atoms with van der Waals surface area (Å²) in [5.74, 6) is -3.15. The van der Waals surface area contributed by atoms with Crippen LogP contribution in [-0.2, 0) is 4.79 Å². The molecule has 0 unspecified atom stereocenters. The van der Waals surface area contributed by atoms with Gasteiger partial charge in [-0.3, -0.25) is 4.79 Å². The molecule has 1 rings (SSSR count). The number of phenols is 1. The number of nitrogens with one attached hydrogen (secondary N) is 1. The molecule has 0 fully saturated rings. The Kier molecular flexibility index (Phi) is 2.66. The largest absolute Gasteiger partial charge is 0.505 e. The molecule has 0 bridgehead atoms. The molecule has 0 saturated carbocycles. The summed E-state index contributed by atoms with van der Waals surface area (Å²) >= 11 is 0. The number of hydrogen-bond donors (Lipinski definition) is 3. The van der Waals surface area contributed by atoms with Crippen LogP contribution in [-0.4, -0.2) is 22.6 Å². The van der Waals surface area contributed by atoms with Gasteiger partial charge in [0.25, 0.3) is 0 Å². The van der Waals surface area contributed by atoms with Crippen LogP contribution in [0.4, 0.5) is 10.1 Å². The predicted molar refractivity (Wildman–Crippen MR) is 44.7 cm³/mol. The van der Waals surface area contributed by atoms with E-state index in [4.69, 9.17) is 10.2 Å². The minimum Gasteiger partial charge on any atom is -0.505 e. The number of carboxylic acid groups (broad SMARTS) is 1. The number of hydrogen-bond acceptors (Lipinski definition) is 3. The molecule has 6 heteroatoms. The number of halogens is 1.